The first-order valence-corrected chi connectivity index (χ1v) is 6.60. The van der Waals surface area contributed by atoms with Crippen molar-refractivity contribution in [1.29, 1.82) is 5.26 Å². The van der Waals surface area contributed by atoms with Crippen molar-refractivity contribution in [2.45, 2.75) is 25.3 Å². The second-order valence-electron chi connectivity index (χ2n) is 4.46. The van der Waals surface area contributed by atoms with Gasteiger partial charge in [-0.15, -0.1) is 0 Å². The van der Waals surface area contributed by atoms with Gasteiger partial charge in [0.2, 0.25) is 0 Å². The van der Waals surface area contributed by atoms with Crippen molar-refractivity contribution in [3.8, 4) is 6.07 Å². The van der Waals surface area contributed by atoms with E-state index in [0.717, 1.165) is 29.4 Å². The normalized spacial score (nSPS) is 23.4. The van der Waals surface area contributed by atoms with Crippen molar-refractivity contribution >= 4 is 21.6 Å². The summed E-state index contributed by atoms with van der Waals surface area (Å²) >= 11 is 3.39. The van der Waals surface area contributed by atoms with Crippen LogP contribution in [-0.4, -0.2) is 17.8 Å². The minimum atomic E-state index is 0.233. The second-order valence-corrected chi connectivity index (χ2v) is 5.38. The summed E-state index contributed by atoms with van der Waals surface area (Å²) in [4.78, 5) is 0. The Hall–Kier alpha value is -1.05. The summed E-state index contributed by atoms with van der Waals surface area (Å²) < 4.78 is 0.901. The highest BCUT2D eigenvalue weighted by atomic mass is 79.9. The Bertz CT molecular complexity index is 442. The minimum Gasteiger partial charge on any atom is -0.396 e. The van der Waals surface area contributed by atoms with Gasteiger partial charge in [0.25, 0.3) is 0 Å². The lowest BCUT2D eigenvalue weighted by Gasteiger charge is -2.20. The Labute approximate surface area is 110 Å². The van der Waals surface area contributed by atoms with Crippen molar-refractivity contribution < 1.29 is 5.11 Å². The third kappa shape index (κ3) is 2.99. The molecule has 0 amide bonds. The fraction of sp³-hybridized carbons (Fsp3) is 0.462. The van der Waals surface area contributed by atoms with Gasteiger partial charge in [0, 0.05) is 28.7 Å². The van der Waals surface area contributed by atoms with Crippen LogP contribution >= 0.6 is 15.9 Å². The van der Waals surface area contributed by atoms with E-state index in [9.17, 15) is 5.11 Å². The monoisotopic (exact) mass is 294 g/mol. The number of nitrogens with zero attached hydrogens (tertiary/aromatic N) is 1. The van der Waals surface area contributed by atoms with Crippen LogP contribution in [0.5, 0.6) is 0 Å². The molecule has 0 bridgehead atoms. The number of aliphatic hydroxyl groups excluding tert-OH is 1. The number of rotatable bonds is 3. The molecule has 0 aliphatic heterocycles. The summed E-state index contributed by atoms with van der Waals surface area (Å²) in [5.74, 6) is 0.333. The number of anilines is 1. The number of nitrogens with one attached hydrogen (secondary N) is 1. The fourth-order valence-electron chi connectivity index (χ4n) is 2.40. The van der Waals surface area contributed by atoms with E-state index in [-0.39, 0.29) is 6.61 Å². The molecule has 0 heterocycles. The Morgan fingerprint density at radius 2 is 2.24 bits per heavy atom. The maximum absolute atomic E-state index is 9.27. The Balaban J connectivity index is 2.13. The molecule has 1 aliphatic rings. The largest absolute Gasteiger partial charge is 0.396 e. The average Bonchev–Trinajstić information content (AvgIpc) is 2.75. The fourth-order valence-corrected chi connectivity index (χ4v) is 2.89. The van der Waals surface area contributed by atoms with Gasteiger partial charge in [-0.1, -0.05) is 22.4 Å². The Kier molecular flexibility index (Phi) is 4.03. The molecule has 2 atom stereocenters. The summed E-state index contributed by atoms with van der Waals surface area (Å²) in [5.41, 5.74) is 1.58. The first-order valence-electron chi connectivity index (χ1n) is 5.81. The molecule has 1 fully saturated rings. The first-order chi connectivity index (χ1) is 8.22. The first kappa shape index (κ1) is 12.4. The summed E-state index contributed by atoms with van der Waals surface area (Å²) in [5, 5.41) is 21.6. The lowest BCUT2D eigenvalue weighted by atomic mass is 10.0. The van der Waals surface area contributed by atoms with Gasteiger partial charge in [-0.2, -0.15) is 5.26 Å². The van der Waals surface area contributed by atoms with Crippen LogP contribution in [0.4, 0.5) is 5.69 Å². The van der Waals surface area contributed by atoms with Gasteiger partial charge in [-0.3, -0.25) is 0 Å². The molecule has 4 heteroatoms. The molecule has 0 spiro atoms. The molecule has 2 N–H and O–H groups in total. The van der Waals surface area contributed by atoms with Gasteiger partial charge in [-0.25, -0.2) is 0 Å². The number of aliphatic hydroxyl groups is 1. The van der Waals surface area contributed by atoms with E-state index in [1.54, 1.807) is 6.07 Å². The number of hydrogen-bond acceptors (Lipinski definition) is 3. The van der Waals surface area contributed by atoms with Crippen LogP contribution < -0.4 is 5.32 Å². The molecule has 0 aromatic heterocycles. The maximum Gasteiger partial charge on any atom is 0.0992 e. The molecule has 17 heavy (non-hydrogen) atoms. The summed E-state index contributed by atoms with van der Waals surface area (Å²) in [6, 6.07) is 8.06. The van der Waals surface area contributed by atoms with Crippen molar-refractivity contribution in [1.82, 2.24) is 0 Å². The highest BCUT2D eigenvalue weighted by molar-refractivity contribution is 9.10. The van der Waals surface area contributed by atoms with Crippen LogP contribution in [0.3, 0.4) is 0 Å². The topological polar surface area (TPSA) is 56.0 Å². The van der Waals surface area contributed by atoms with Crippen LogP contribution in [0, 0.1) is 17.2 Å². The third-order valence-corrected chi connectivity index (χ3v) is 3.73. The summed E-state index contributed by atoms with van der Waals surface area (Å²) in [7, 11) is 0. The minimum absolute atomic E-state index is 0.233. The molecule has 90 valence electrons. The van der Waals surface area contributed by atoms with Crippen molar-refractivity contribution in [2.24, 2.45) is 5.92 Å². The summed E-state index contributed by atoms with van der Waals surface area (Å²) in [6.45, 7) is 0.233. The smallest absolute Gasteiger partial charge is 0.0992 e. The predicted molar refractivity (Wildman–Crippen MR) is 70.7 cm³/mol. The van der Waals surface area contributed by atoms with E-state index in [0.29, 0.717) is 17.5 Å². The zero-order valence-electron chi connectivity index (χ0n) is 9.49. The molecular formula is C13H15BrN2O. The molecule has 0 radical (unpaired) electrons. The molecule has 1 saturated carbocycles. The van der Waals surface area contributed by atoms with Gasteiger partial charge in [0.1, 0.15) is 0 Å². The molecular weight excluding hydrogens is 280 g/mol. The molecule has 2 unspecified atom stereocenters. The Morgan fingerprint density at radius 3 is 2.94 bits per heavy atom. The van der Waals surface area contributed by atoms with E-state index >= 15 is 0 Å². The second kappa shape index (κ2) is 5.52. The zero-order chi connectivity index (χ0) is 12.3. The van der Waals surface area contributed by atoms with Gasteiger partial charge in [0.05, 0.1) is 11.6 Å². The summed E-state index contributed by atoms with van der Waals surface area (Å²) in [6.07, 6.45) is 3.31. The highest BCUT2D eigenvalue weighted by Gasteiger charge is 2.26. The lowest BCUT2D eigenvalue weighted by molar-refractivity contribution is 0.222. The number of hydrogen-bond donors (Lipinski definition) is 2. The molecule has 3 nitrogen and oxygen atoms in total. The average molecular weight is 295 g/mol. The van der Waals surface area contributed by atoms with Crippen LogP contribution in [0.15, 0.2) is 22.7 Å². The lowest BCUT2D eigenvalue weighted by Crippen LogP contribution is -2.26. The van der Waals surface area contributed by atoms with Crippen molar-refractivity contribution in [3.63, 3.8) is 0 Å². The quantitative estimate of drug-likeness (QED) is 0.901. The van der Waals surface area contributed by atoms with Crippen LogP contribution in [0.1, 0.15) is 24.8 Å². The Morgan fingerprint density at radius 1 is 1.41 bits per heavy atom. The number of nitriles is 1. The van der Waals surface area contributed by atoms with E-state index in [1.807, 2.05) is 12.1 Å². The molecule has 1 aromatic rings. The van der Waals surface area contributed by atoms with E-state index < -0.39 is 0 Å². The SMILES string of the molecule is N#Cc1cc(Br)cc(NC2CCCC2CO)c1. The predicted octanol–water partition coefficient (Wildman–Crippen LogP) is 2.89. The van der Waals surface area contributed by atoms with Crippen LogP contribution in [0.2, 0.25) is 0 Å². The van der Waals surface area contributed by atoms with Crippen LogP contribution in [-0.2, 0) is 0 Å². The number of halogens is 1. The van der Waals surface area contributed by atoms with E-state index in [4.69, 9.17) is 5.26 Å². The van der Waals surface area contributed by atoms with E-state index in [2.05, 4.69) is 27.3 Å². The van der Waals surface area contributed by atoms with Crippen LogP contribution in [0.25, 0.3) is 0 Å². The molecule has 2 rings (SSSR count). The maximum atomic E-state index is 9.27. The van der Waals surface area contributed by atoms with Crippen molar-refractivity contribution in [2.75, 3.05) is 11.9 Å². The molecule has 0 saturated heterocycles. The number of benzene rings is 1. The molecule has 1 aliphatic carbocycles. The zero-order valence-corrected chi connectivity index (χ0v) is 11.1. The van der Waals surface area contributed by atoms with Gasteiger partial charge >= 0.3 is 0 Å². The van der Waals surface area contributed by atoms with Gasteiger partial charge < -0.3 is 10.4 Å². The third-order valence-electron chi connectivity index (χ3n) is 3.27. The van der Waals surface area contributed by atoms with Gasteiger partial charge in [0.15, 0.2) is 0 Å². The standard InChI is InChI=1S/C13H15BrN2O/c14-11-4-9(7-15)5-12(6-11)16-13-3-1-2-10(13)8-17/h4-6,10,13,16-17H,1-3,8H2. The molecule has 1 aromatic carbocycles. The van der Waals surface area contributed by atoms with E-state index in [1.165, 1.54) is 0 Å². The highest BCUT2D eigenvalue weighted by Crippen LogP contribution is 2.29. The van der Waals surface area contributed by atoms with Crippen molar-refractivity contribution in [3.05, 3.63) is 28.2 Å². The van der Waals surface area contributed by atoms with Gasteiger partial charge in [-0.05, 0) is 31.0 Å².